The van der Waals surface area contributed by atoms with Crippen molar-refractivity contribution in [3.63, 3.8) is 0 Å². The third-order valence-corrected chi connectivity index (χ3v) is 4.96. The Kier molecular flexibility index (Phi) is 5.43. The Balaban J connectivity index is 1.81. The van der Waals surface area contributed by atoms with Gasteiger partial charge >= 0.3 is 0 Å². The van der Waals surface area contributed by atoms with Gasteiger partial charge in [-0.05, 0) is 73.4 Å². The van der Waals surface area contributed by atoms with Gasteiger partial charge in [0.2, 0.25) is 0 Å². The molecule has 0 amide bonds. The SMILES string of the molecule is CCc1cc(C)cc(N2CC(C)CC(C#Cc3ncccc3C)C2)c1. The molecule has 1 aliphatic heterocycles. The highest BCUT2D eigenvalue weighted by atomic mass is 15.1. The van der Waals surface area contributed by atoms with E-state index in [2.05, 4.69) is 73.7 Å². The van der Waals surface area contributed by atoms with Crippen molar-refractivity contribution in [2.75, 3.05) is 18.0 Å². The number of hydrogen-bond acceptors (Lipinski definition) is 2. The summed E-state index contributed by atoms with van der Waals surface area (Å²) in [6.07, 6.45) is 4.08. The van der Waals surface area contributed by atoms with Gasteiger partial charge in [0, 0.05) is 30.9 Å². The molecule has 2 unspecified atom stereocenters. The Labute approximate surface area is 152 Å². The van der Waals surface area contributed by atoms with E-state index in [0.717, 1.165) is 30.8 Å². The molecule has 1 aliphatic rings. The quantitative estimate of drug-likeness (QED) is 0.736. The predicted molar refractivity (Wildman–Crippen MR) is 106 cm³/mol. The van der Waals surface area contributed by atoms with Crippen molar-refractivity contribution in [3.05, 3.63) is 58.9 Å². The first-order valence-corrected chi connectivity index (χ1v) is 9.33. The molecular weight excluding hydrogens is 304 g/mol. The van der Waals surface area contributed by atoms with E-state index < -0.39 is 0 Å². The number of rotatable bonds is 2. The lowest BCUT2D eigenvalue weighted by atomic mass is 9.90. The molecule has 2 aromatic rings. The van der Waals surface area contributed by atoms with E-state index >= 15 is 0 Å². The fraction of sp³-hybridized carbons (Fsp3) is 0.435. The van der Waals surface area contributed by atoms with Crippen LogP contribution in [0.4, 0.5) is 5.69 Å². The summed E-state index contributed by atoms with van der Waals surface area (Å²) >= 11 is 0. The Morgan fingerprint density at radius 3 is 2.80 bits per heavy atom. The van der Waals surface area contributed by atoms with E-state index in [1.165, 1.54) is 23.2 Å². The molecule has 0 aliphatic carbocycles. The van der Waals surface area contributed by atoms with Gasteiger partial charge in [-0.15, -0.1) is 0 Å². The molecule has 0 saturated carbocycles. The van der Waals surface area contributed by atoms with Crippen LogP contribution in [0.1, 0.15) is 42.7 Å². The minimum Gasteiger partial charge on any atom is -0.370 e. The van der Waals surface area contributed by atoms with E-state index in [1.54, 1.807) is 0 Å². The molecule has 0 radical (unpaired) electrons. The van der Waals surface area contributed by atoms with Crippen LogP contribution in [0.25, 0.3) is 0 Å². The van der Waals surface area contributed by atoms with Gasteiger partial charge in [0.15, 0.2) is 0 Å². The molecule has 25 heavy (non-hydrogen) atoms. The van der Waals surface area contributed by atoms with Crippen LogP contribution in [-0.4, -0.2) is 18.1 Å². The third kappa shape index (κ3) is 4.42. The van der Waals surface area contributed by atoms with E-state index in [1.807, 2.05) is 12.3 Å². The zero-order chi connectivity index (χ0) is 17.8. The zero-order valence-electron chi connectivity index (χ0n) is 15.8. The van der Waals surface area contributed by atoms with Gasteiger partial charge in [-0.3, -0.25) is 0 Å². The van der Waals surface area contributed by atoms with E-state index in [4.69, 9.17) is 0 Å². The Bertz CT molecular complexity index is 797. The molecule has 1 fully saturated rings. The highest BCUT2D eigenvalue weighted by Gasteiger charge is 2.24. The number of pyridine rings is 1. The van der Waals surface area contributed by atoms with Gasteiger partial charge in [0.25, 0.3) is 0 Å². The number of benzene rings is 1. The molecule has 1 aromatic carbocycles. The van der Waals surface area contributed by atoms with Gasteiger partial charge in [0.1, 0.15) is 5.69 Å². The predicted octanol–water partition coefficient (Wildman–Crippen LogP) is 4.77. The van der Waals surface area contributed by atoms with Crippen LogP contribution in [0.5, 0.6) is 0 Å². The highest BCUT2D eigenvalue weighted by Crippen LogP contribution is 2.28. The van der Waals surface area contributed by atoms with E-state index in [-0.39, 0.29) is 0 Å². The first-order valence-electron chi connectivity index (χ1n) is 9.33. The van der Waals surface area contributed by atoms with Crippen molar-refractivity contribution < 1.29 is 0 Å². The summed E-state index contributed by atoms with van der Waals surface area (Å²) in [5.41, 5.74) is 6.18. The second kappa shape index (κ2) is 7.74. The van der Waals surface area contributed by atoms with Gasteiger partial charge < -0.3 is 4.90 Å². The van der Waals surface area contributed by atoms with Crippen LogP contribution in [0.3, 0.4) is 0 Å². The van der Waals surface area contributed by atoms with Gasteiger partial charge in [0.05, 0.1) is 0 Å². The standard InChI is InChI=1S/C23H28N2/c1-5-20-11-17(2)13-22(14-20)25-15-18(3)12-21(16-25)8-9-23-19(4)7-6-10-24-23/h6-7,10-11,13-14,18,21H,5,12,15-16H2,1-4H3. The van der Waals surface area contributed by atoms with Gasteiger partial charge in [-0.2, -0.15) is 0 Å². The Hall–Kier alpha value is -2.27. The summed E-state index contributed by atoms with van der Waals surface area (Å²) < 4.78 is 0. The lowest BCUT2D eigenvalue weighted by molar-refractivity contribution is 0.391. The first-order chi connectivity index (χ1) is 12.0. The molecule has 3 rings (SSSR count). The maximum absolute atomic E-state index is 4.41. The van der Waals surface area contributed by atoms with Crippen LogP contribution in [0, 0.1) is 37.5 Å². The average molecular weight is 332 g/mol. The number of piperidine rings is 1. The maximum Gasteiger partial charge on any atom is 0.116 e. The fourth-order valence-electron chi connectivity index (χ4n) is 3.68. The summed E-state index contributed by atoms with van der Waals surface area (Å²) in [5, 5.41) is 0. The second-order valence-electron chi connectivity index (χ2n) is 7.41. The summed E-state index contributed by atoms with van der Waals surface area (Å²) in [5.74, 6) is 7.87. The van der Waals surface area contributed by atoms with Crippen molar-refractivity contribution in [2.45, 2.75) is 40.5 Å². The van der Waals surface area contributed by atoms with Crippen molar-refractivity contribution in [1.82, 2.24) is 4.98 Å². The lowest BCUT2D eigenvalue weighted by Gasteiger charge is -2.36. The molecule has 2 heterocycles. The van der Waals surface area contributed by atoms with Crippen LogP contribution in [0.15, 0.2) is 36.5 Å². The summed E-state index contributed by atoms with van der Waals surface area (Å²) in [4.78, 5) is 6.92. The van der Waals surface area contributed by atoms with E-state index in [9.17, 15) is 0 Å². The largest absolute Gasteiger partial charge is 0.370 e. The Morgan fingerprint density at radius 1 is 1.20 bits per heavy atom. The van der Waals surface area contributed by atoms with Crippen molar-refractivity contribution in [2.24, 2.45) is 11.8 Å². The molecule has 0 bridgehead atoms. The number of anilines is 1. The Morgan fingerprint density at radius 2 is 2.04 bits per heavy atom. The maximum atomic E-state index is 4.41. The molecule has 0 spiro atoms. The third-order valence-electron chi connectivity index (χ3n) is 4.96. The second-order valence-corrected chi connectivity index (χ2v) is 7.41. The average Bonchev–Trinajstić information content (AvgIpc) is 2.60. The zero-order valence-corrected chi connectivity index (χ0v) is 15.8. The fourth-order valence-corrected chi connectivity index (χ4v) is 3.68. The highest BCUT2D eigenvalue weighted by molar-refractivity contribution is 5.52. The summed E-state index contributed by atoms with van der Waals surface area (Å²) in [6, 6.07) is 11.0. The summed E-state index contributed by atoms with van der Waals surface area (Å²) in [7, 11) is 0. The van der Waals surface area contributed by atoms with Gasteiger partial charge in [-0.1, -0.05) is 31.9 Å². The molecule has 2 atom stereocenters. The normalized spacial score (nSPS) is 20.1. The number of aryl methyl sites for hydroxylation is 3. The molecule has 1 saturated heterocycles. The molecule has 1 aromatic heterocycles. The van der Waals surface area contributed by atoms with Crippen molar-refractivity contribution >= 4 is 5.69 Å². The summed E-state index contributed by atoms with van der Waals surface area (Å²) in [6.45, 7) is 11.0. The van der Waals surface area contributed by atoms with Gasteiger partial charge in [-0.25, -0.2) is 4.98 Å². The number of nitrogens with zero attached hydrogens (tertiary/aromatic N) is 2. The van der Waals surface area contributed by atoms with Crippen LogP contribution in [0.2, 0.25) is 0 Å². The van der Waals surface area contributed by atoms with Crippen molar-refractivity contribution in [3.8, 4) is 11.8 Å². The molecule has 2 nitrogen and oxygen atoms in total. The lowest BCUT2D eigenvalue weighted by Crippen LogP contribution is -2.39. The molecule has 0 N–H and O–H groups in total. The van der Waals surface area contributed by atoms with Crippen LogP contribution >= 0.6 is 0 Å². The first kappa shape index (κ1) is 17.5. The van der Waals surface area contributed by atoms with Crippen LogP contribution in [-0.2, 0) is 6.42 Å². The smallest absolute Gasteiger partial charge is 0.116 e. The minimum atomic E-state index is 0.399. The molecule has 130 valence electrons. The number of aromatic nitrogens is 1. The topological polar surface area (TPSA) is 16.1 Å². The van der Waals surface area contributed by atoms with E-state index in [0.29, 0.717) is 11.8 Å². The minimum absolute atomic E-state index is 0.399. The molecule has 2 heteroatoms. The van der Waals surface area contributed by atoms with Crippen LogP contribution < -0.4 is 4.90 Å². The molecular formula is C23H28N2. The number of hydrogen-bond donors (Lipinski definition) is 0. The monoisotopic (exact) mass is 332 g/mol. The van der Waals surface area contributed by atoms with Crippen molar-refractivity contribution in [1.29, 1.82) is 0 Å².